The molecule has 334 valence electrons. The molecule has 5 nitrogen and oxygen atoms in total. The number of aliphatic hydroxyl groups excluding tert-OH is 1. The molecule has 1 aliphatic heterocycles. The number of hydrogen-bond donors (Lipinski definition) is 2. The lowest BCUT2D eigenvalue weighted by Gasteiger charge is -2.37. The fourth-order valence-electron chi connectivity index (χ4n) is 7.96. The van der Waals surface area contributed by atoms with Crippen LogP contribution in [0.4, 0.5) is 4.39 Å². The predicted molar refractivity (Wildman–Crippen MR) is 262 cm³/mol. The Bertz CT molecular complexity index is 1520. The van der Waals surface area contributed by atoms with Gasteiger partial charge in [0.15, 0.2) is 0 Å². The first-order chi connectivity index (χ1) is 28.5. The molecule has 0 radical (unpaired) electrons. The molecule has 3 rings (SSSR count). The second-order valence-electron chi connectivity index (χ2n) is 15.8. The lowest BCUT2D eigenvalue weighted by molar-refractivity contribution is 0.215. The van der Waals surface area contributed by atoms with Gasteiger partial charge in [-0.25, -0.2) is 4.39 Å². The third kappa shape index (κ3) is 19.4. The van der Waals surface area contributed by atoms with Gasteiger partial charge in [0.2, 0.25) is 0 Å². The standard InChI is InChI=1S/C47H73FN4O.2C2H6.C2H4/c1-10-14-30-51(34-36(5)32-37(6)38(7)49-28-11-2)39(8)42-24-31-52(46(33-40(53)12-3)43-22-20-23-44(48)41(43)13-4)35-45(42)50-29-21-27-47(9)25-18-16-15-17-19-26-47;3*1-2/h12,20,22-23,32-33,49,53H,6-7,10-11,13-19,21,24-31,34-35H2,1-5,8-9H3;2*1-2H3;1-2H2/b36-32+,40-12+,42-39+,46-33+,50-45?;;;. The fourth-order valence-corrected chi connectivity index (χ4v) is 7.96. The molecule has 2 fully saturated rings. The van der Waals surface area contributed by atoms with E-state index in [1.54, 1.807) is 18.2 Å². The van der Waals surface area contributed by atoms with Crippen LogP contribution in [0.15, 0.2) is 102 Å². The van der Waals surface area contributed by atoms with Gasteiger partial charge in [-0.15, -0.1) is 13.2 Å². The van der Waals surface area contributed by atoms with Gasteiger partial charge in [0.25, 0.3) is 0 Å². The monoisotopic (exact) mass is 817 g/mol. The van der Waals surface area contributed by atoms with E-state index < -0.39 is 0 Å². The molecule has 0 atom stereocenters. The summed E-state index contributed by atoms with van der Waals surface area (Å²) in [7, 11) is 0. The molecule has 2 aliphatic rings. The van der Waals surface area contributed by atoms with Crippen LogP contribution in [0.25, 0.3) is 5.70 Å². The SMILES string of the molecule is C=C.C=C(/C=C(\C)CN(CCCC)/C(C)=C1\CCN(/C(=C/C(O)=C\C)c2cccc(F)c2CC)CC1=NCCCC1(C)CCCCCCC1)C(=C)NCCC.CC.CC. The van der Waals surface area contributed by atoms with E-state index in [0.29, 0.717) is 23.9 Å². The number of hydrogen-bond acceptors (Lipinski definition) is 5. The summed E-state index contributed by atoms with van der Waals surface area (Å²) in [6.07, 6.45) is 22.1. The maximum atomic E-state index is 15.2. The second kappa shape index (κ2) is 32.0. The maximum absolute atomic E-state index is 15.2. The molecule has 59 heavy (non-hydrogen) atoms. The first-order valence-electron chi connectivity index (χ1n) is 23.3. The highest BCUT2D eigenvalue weighted by Gasteiger charge is 2.28. The van der Waals surface area contributed by atoms with Crippen LogP contribution < -0.4 is 5.32 Å². The van der Waals surface area contributed by atoms with Crippen molar-refractivity contribution in [3.05, 3.63) is 114 Å². The van der Waals surface area contributed by atoms with Crippen molar-refractivity contribution in [3.8, 4) is 0 Å². The summed E-state index contributed by atoms with van der Waals surface area (Å²) in [6.45, 7) is 42.6. The number of rotatable bonds is 19. The van der Waals surface area contributed by atoms with E-state index in [2.05, 4.69) is 82.1 Å². The molecule has 0 aromatic heterocycles. The van der Waals surface area contributed by atoms with Crippen molar-refractivity contribution in [1.82, 2.24) is 15.1 Å². The highest BCUT2D eigenvalue weighted by Crippen LogP contribution is 2.38. The summed E-state index contributed by atoms with van der Waals surface area (Å²) in [5.41, 5.74) is 9.54. The molecule has 0 bridgehead atoms. The van der Waals surface area contributed by atoms with Gasteiger partial charge in [-0.3, -0.25) is 4.99 Å². The minimum Gasteiger partial charge on any atom is -0.508 e. The highest BCUT2D eigenvalue weighted by atomic mass is 19.1. The van der Waals surface area contributed by atoms with Crippen molar-refractivity contribution in [2.75, 3.05) is 39.3 Å². The number of benzene rings is 1. The van der Waals surface area contributed by atoms with Gasteiger partial charge >= 0.3 is 0 Å². The summed E-state index contributed by atoms with van der Waals surface area (Å²) in [5.74, 6) is -0.0276. The smallest absolute Gasteiger partial charge is 0.127 e. The molecule has 0 unspecified atom stereocenters. The van der Waals surface area contributed by atoms with Gasteiger partial charge in [0.05, 0.1) is 12.3 Å². The Kier molecular flexibility index (Phi) is 30.0. The number of nitrogens with one attached hydrogen (secondary N) is 1. The lowest BCUT2D eigenvalue weighted by Crippen LogP contribution is -2.39. The molecule has 0 amide bonds. The number of allylic oxidation sites excluding steroid dienone is 4. The van der Waals surface area contributed by atoms with Gasteiger partial charge in [-0.1, -0.05) is 131 Å². The largest absolute Gasteiger partial charge is 0.508 e. The third-order valence-corrected chi connectivity index (χ3v) is 11.3. The van der Waals surface area contributed by atoms with Crippen LogP contribution in [0.5, 0.6) is 0 Å². The van der Waals surface area contributed by atoms with Gasteiger partial charge in [0, 0.05) is 61.5 Å². The van der Waals surface area contributed by atoms with Crippen molar-refractivity contribution in [2.24, 2.45) is 10.4 Å². The number of aliphatic hydroxyl groups is 1. The molecule has 1 aliphatic carbocycles. The van der Waals surface area contributed by atoms with E-state index in [4.69, 9.17) is 4.99 Å². The Labute approximate surface area is 364 Å². The van der Waals surface area contributed by atoms with E-state index in [0.717, 1.165) is 93.1 Å². The van der Waals surface area contributed by atoms with Crippen LogP contribution in [0.1, 0.15) is 171 Å². The molecule has 1 saturated heterocycles. The number of piperidine rings is 1. The average Bonchev–Trinajstić information content (AvgIpc) is 3.25. The van der Waals surface area contributed by atoms with Crippen molar-refractivity contribution >= 4 is 11.4 Å². The van der Waals surface area contributed by atoms with Gasteiger partial charge < -0.3 is 20.2 Å². The first-order valence-corrected chi connectivity index (χ1v) is 23.3. The van der Waals surface area contributed by atoms with Crippen LogP contribution in [0, 0.1) is 11.2 Å². The highest BCUT2D eigenvalue weighted by molar-refractivity contribution is 6.03. The van der Waals surface area contributed by atoms with E-state index in [9.17, 15) is 5.11 Å². The summed E-state index contributed by atoms with van der Waals surface area (Å²) >= 11 is 0. The van der Waals surface area contributed by atoms with Crippen LogP contribution in [-0.2, 0) is 6.42 Å². The molecule has 1 aromatic rings. The summed E-state index contributed by atoms with van der Waals surface area (Å²) in [4.78, 5) is 10.3. The normalized spacial score (nSPS) is 17.5. The zero-order chi connectivity index (χ0) is 44.8. The minimum atomic E-state index is -0.205. The van der Waals surface area contributed by atoms with Crippen molar-refractivity contribution < 1.29 is 9.50 Å². The molecule has 0 spiro atoms. The number of unbranched alkanes of at least 4 members (excludes halogenated alkanes) is 1. The van der Waals surface area contributed by atoms with Crippen LogP contribution >= 0.6 is 0 Å². The molecule has 1 aromatic carbocycles. The Morgan fingerprint density at radius 1 is 0.966 bits per heavy atom. The van der Waals surface area contributed by atoms with Crippen molar-refractivity contribution in [2.45, 2.75) is 166 Å². The Hall–Kier alpha value is -3.80. The second-order valence-corrected chi connectivity index (χ2v) is 15.8. The number of nitrogens with zero attached hydrogens (tertiary/aromatic N) is 3. The Morgan fingerprint density at radius 3 is 2.20 bits per heavy atom. The molecule has 6 heteroatoms. The Balaban J connectivity index is 0.00000535. The number of aliphatic imine (C=N–C) groups is 1. The first kappa shape index (κ1) is 55.2. The minimum absolute atomic E-state index is 0.178. The zero-order valence-corrected chi connectivity index (χ0v) is 40.1. The summed E-state index contributed by atoms with van der Waals surface area (Å²) in [5, 5.41) is 14.2. The third-order valence-electron chi connectivity index (χ3n) is 11.3. The molecule has 2 N–H and O–H groups in total. The summed E-state index contributed by atoms with van der Waals surface area (Å²) in [6, 6.07) is 5.30. The zero-order valence-electron chi connectivity index (χ0n) is 40.1. The quantitative estimate of drug-likeness (QED) is 0.0632. The van der Waals surface area contributed by atoms with Crippen molar-refractivity contribution in [3.63, 3.8) is 0 Å². The molecule has 1 saturated carbocycles. The van der Waals surface area contributed by atoms with Crippen molar-refractivity contribution in [1.29, 1.82) is 0 Å². The molecular weight excluding hydrogens is 728 g/mol. The van der Waals surface area contributed by atoms with E-state index >= 15 is 4.39 Å². The molecular formula is C53H89FN4O. The van der Waals surface area contributed by atoms with E-state index in [1.807, 2.05) is 47.6 Å². The van der Waals surface area contributed by atoms with E-state index in [-0.39, 0.29) is 11.6 Å². The predicted octanol–water partition coefficient (Wildman–Crippen LogP) is 15.1. The fraction of sp³-hybridized carbons (Fsp3) is 0.604. The summed E-state index contributed by atoms with van der Waals surface area (Å²) < 4.78 is 15.2. The Morgan fingerprint density at radius 2 is 1.61 bits per heavy atom. The molecule has 1 heterocycles. The average molecular weight is 817 g/mol. The van der Waals surface area contributed by atoms with Gasteiger partial charge in [0.1, 0.15) is 11.6 Å². The number of likely N-dealkylation sites (tertiary alicyclic amines) is 1. The maximum Gasteiger partial charge on any atom is 0.127 e. The lowest BCUT2D eigenvalue weighted by atomic mass is 9.75. The van der Waals surface area contributed by atoms with Gasteiger partial charge in [-0.05, 0) is 106 Å². The van der Waals surface area contributed by atoms with Crippen LogP contribution in [-0.4, -0.2) is 59.9 Å². The number of halogens is 1. The van der Waals surface area contributed by atoms with E-state index in [1.165, 1.54) is 74.3 Å². The van der Waals surface area contributed by atoms with Crippen LogP contribution in [0.3, 0.4) is 0 Å². The van der Waals surface area contributed by atoms with Gasteiger partial charge in [-0.2, -0.15) is 0 Å². The van der Waals surface area contributed by atoms with Crippen LogP contribution in [0.2, 0.25) is 0 Å². The topological polar surface area (TPSA) is 51.1 Å².